The first-order chi connectivity index (χ1) is 11.2. The van der Waals surface area contributed by atoms with Crippen molar-refractivity contribution in [2.45, 2.75) is 13.0 Å². The SMILES string of the molecule is NCCCn1c2c(c3ccccc3c1=O)C(=O)c1ccccc1-2. The van der Waals surface area contributed by atoms with Crippen molar-refractivity contribution >= 4 is 16.6 Å². The highest BCUT2D eigenvalue weighted by Gasteiger charge is 2.31. The summed E-state index contributed by atoms with van der Waals surface area (Å²) in [7, 11) is 0. The van der Waals surface area contributed by atoms with Crippen molar-refractivity contribution in [2.75, 3.05) is 6.54 Å². The number of benzene rings is 2. The van der Waals surface area contributed by atoms with E-state index in [9.17, 15) is 9.59 Å². The third-order valence-corrected chi connectivity index (χ3v) is 4.42. The lowest BCUT2D eigenvalue weighted by atomic mass is 10.0. The minimum absolute atomic E-state index is 0.00621. The average Bonchev–Trinajstić information content (AvgIpc) is 2.89. The number of aromatic nitrogens is 1. The number of hydrogen-bond donors (Lipinski definition) is 1. The first-order valence-electron chi connectivity index (χ1n) is 7.73. The fourth-order valence-corrected chi connectivity index (χ4v) is 3.39. The van der Waals surface area contributed by atoms with Gasteiger partial charge in [-0.2, -0.15) is 0 Å². The summed E-state index contributed by atoms with van der Waals surface area (Å²) in [4.78, 5) is 25.8. The first-order valence-corrected chi connectivity index (χ1v) is 7.73. The summed E-state index contributed by atoms with van der Waals surface area (Å²) in [6.45, 7) is 1.02. The Morgan fingerprint density at radius 1 is 0.870 bits per heavy atom. The largest absolute Gasteiger partial charge is 0.330 e. The quantitative estimate of drug-likeness (QED) is 0.632. The Kier molecular flexibility index (Phi) is 3.13. The Bertz CT molecular complexity index is 1000. The van der Waals surface area contributed by atoms with Crippen LogP contribution in [0.4, 0.5) is 0 Å². The van der Waals surface area contributed by atoms with E-state index in [4.69, 9.17) is 5.73 Å². The molecule has 0 amide bonds. The van der Waals surface area contributed by atoms with Crippen molar-refractivity contribution in [3.8, 4) is 11.3 Å². The number of nitrogens with zero attached hydrogens (tertiary/aromatic N) is 1. The fraction of sp³-hybridized carbons (Fsp3) is 0.158. The third-order valence-electron chi connectivity index (χ3n) is 4.42. The van der Waals surface area contributed by atoms with Gasteiger partial charge >= 0.3 is 0 Å². The fourth-order valence-electron chi connectivity index (χ4n) is 3.39. The minimum atomic E-state index is -0.0581. The number of ketones is 1. The summed E-state index contributed by atoms with van der Waals surface area (Å²) in [6.07, 6.45) is 0.695. The molecular formula is C19H16N2O2. The van der Waals surface area contributed by atoms with Crippen LogP contribution in [0.3, 0.4) is 0 Å². The molecule has 0 fully saturated rings. The van der Waals surface area contributed by atoms with E-state index in [0.29, 0.717) is 36.0 Å². The lowest BCUT2D eigenvalue weighted by Crippen LogP contribution is -2.24. The van der Waals surface area contributed by atoms with Crippen LogP contribution in [0.15, 0.2) is 53.3 Å². The van der Waals surface area contributed by atoms with Gasteiger partial charge in [-0.25, -0.2) is 0 Å². The summed E-state index contributed by atoms with van der Waals surface area (Å²) in [6, 6.07) is 14.8. The van der Waals surface area contributed by atoms with Crippen LogP contribution in [0.25, 0.3) is 22.0 Å². The van der Waals surface area contributed by atoms with Crippen molar-refractivity contribution < 1.29 is 4.79 Å². The highest BCUT2D eigenvalue weighted by atomic mass is 16.1. The van der Waals surface area contributed by atoms with E-state index in [1.807, 2.05) is 42.5 Å². The first kappa shape index (κ1) is 13.9. The number of hydrogen-bond acceptors (Lipinski definition) is 3. The summed E-state index contributed by atoms with van der Waals surface area (Å²) < 4.78 is 1.72. The number of carbonyl (C=O) groups excluding carboxylic acids is 1. The van der Waals surface area contributed by atoms with Crippen LogP contribution in [0.5, 0.6) is 0 Å². The molecule has 4 nitrogen and oxygen atoms in total. The molecule has 1 heterocycles. The van der Waals surface area contributed by atoms with Crippen LogP contribution in [0, 0.1) is 0 Å². The molecule has 0 bridgehead atoms. The van der Waals surface area contributed by atoms with E-state index in [0.717, 1.165) is 16.6 Å². The van der Waals surface area contributed by atoms with Gasteiger partial charge in [0.05, 0.1) is 11.3 Å². The number of nitrogens with two attached hydrogens (primary N) is 1. The molecule has 114 valence electrons. The van der Waals surface area contributed by atoms with Gasteiger partial charge in [0.15, 0.2) is 5.78 Å². The van der Waals surface area contributed by atoms with Gasteiger partial charge < -0.3 is 10.3 Å². The smallest absolute Gasteiger partial charge is 0.258 e. The van der Waals surface area contributed by atoms with Gasteiger partial charge in [-0.15, -0.1) is 0 Å². The second kappa shape index (κ2) is 5.18. The van der Waals surface area contributed by atoms with E-state index < -0.39 is 0 Å². The van der Waals surface area contributed by atoms with Crippen LogP contribution in [0.1, 0.15) is 22.3 Å². The zero-order valence-electron chi connectivity index (χ0n) is 12.6. The molecule has 0 saturated carbocycles. The second-order valence-corrected chi connectivity index (χ2v) is 5.74. The molecule has 0 aliphatic heterocycles. The van der Waals surface area contributed by atoms with Gasteiger partial charge in [-0.05, 0) is 19.0 Å². The van der Waals surface area contributed by atoms with Crippen molar-refractivity contribution in [1.82, 2.24) is 4.57 Å². The van der Waals surface area contributed by atoms with Gasteiger partial charge in [0.2, 0.25) is 0 Å². The number of carbonyl (C=O) groups is 1. The van der Waals surface area contributed by atoms with Crippen molar-refractivity contribution in [3.63, 3.8) is 0 Å². The molecule has 4 rings (SSSR count). The Hall–Kier alpha value is -2.72. The second-order valence-electron chi connectivity index (χ2n) is 5.74. The van der Waals surface area contributed by atoms with E-state index in [1.165, 1.54) is 0 Å². The molecule has 0 atom stereocenters. The Labute approximate surface area is 133 Å². The lowest BCUT2D eigenvalue weighted by Gasteiger charge is -2.14. The molecule has 0 radical (unpaired) electrons. The van der Waals surface area contributed by atoms with Crippen LogP contribution < -0.4 is 11.3 Å². The molecule has 0 spiro atoms. The van der Waals surface area contributed by atoms with E-state index >= 15 is 0 Å². The zero-order valence-corrected chi connectivity index (χ0v) is 12.6. The number of pyridine rings is 1. The number of rotatable bonds is 3. The average molecular weight is 304 g/mol. The molecular weight excluding hydrogens is 288 g/mol. The maximum absolute atomic E-state index is 12.9. The molecule has 3 aromatic rings. The minimum Gasteiger partial charge on any atom is -0.330 e. The molecule has 1 aliphatic carbocycles. The van der Waals surface area contributed by atoms with Gasteiger partial charge in [0, 0.05) is 28.4 Å². The summed E-state index contributed by atoms with van der Waals surface area (Å²) in [5.41, 5.74) is 8.45. The lowest BCUT2D eigenvalue weighted by molar-refractivity contribution is 0.104. The van der Waals surface area contributed by atoms with E-state index in [2.05, 4.69) is 0 Å². The van der Waals surface area contributed by atoms with E-state index in [1.54, 1.807) is 10.6 Å². The normalized spacial score (nSPS) is 12.5. The van der Waals surface area contributed by atoms with Crippen LogP contribution in [0.2, 0.25) is 0 Å². The van der Waals surface area contributed by atoms with Crippen LogP contribution >= 0.6 is 0 Å². The van der Waals surface area contributed by atoms with E-state index in [-0.39, 0.29) is 11.3 Å². The molecule has 2 N–H and O–H groups in total. The van der Waals surface area contributed by atoms with Gasteiger partial charge in [-0.1, -0.05) is 42.5 Å². The highest BCUT2D eigenvalue weighted by molar-refractivity contribution is 6.26. The Balaban J connectivity index is 2.16. The standard InChI is InChI=1S/C19H16N2O2/c20-10-5-11-21-17-13-7-2-3-8-14(13)18(22)16(17)12-6-1-4-9-15(12)19(21)23/h1-4,6-9H,5,10-11,20H2. The summed E-state index contributed by atoms with van der Waals surface area (Å²) in [5.74, 6) is -0.00621. The predicted molar refractivity (Wildman–Crippen MR) is 90.7 cm³/mol. The van der Waals surface area contributed by atoms with Crippen LogP contribution in [-0.2, 0) is 6.54 Å². The predicted octanol–water partition coefficient (Wildman–Crippen LogP) is 2.56. The topological polar surface area (TPSA) is 65.1 Å². The molecule has 1 aliphatic rings. The number of fused-ring (bicyclic) bond motifs is 5. The van der Waals surface area contributed by atoms with Crippen molar-refractivity contribution in [2.24, 2.45) is 5.73 Å². The summed E-state index contributed by atoms with van der Waals surface area (Å²) >= 11 is 0. The molecule has 1 aromatic heterocycles. The van der Waals surface area contributed by atoms with Gasteiger partial charge in [0.1, 0.15) is 0 Å². The molecule has 0 saturated heterocycles. The Morgan fingerprint density at radius 2 is 1.52 bits per heavy atom. The highest BCUT2D eigenvalue weighted by Crippen LogP contribution is 2.39. The summed E-state index contributed by atoms with van der Waals surface area (Å²) in [5, 5.41) is 1.32. The third kappa shape index (κ3) is 1.88. The Morgan fingerprint density at radius 3 is 2.26 bits per heavy atom. The van der Waals surface area contributed by atoms with Gasteiger partial charge in [0.25, 0.3) is 5.56 Å². The molecule has 23 heavy (non-hydrogen) atoms. The molecule has 4 heteroatoms. The van der Waals surface area contributed by atoms with Crippen molar-refractivity contribution in [3.05, 3.63) is 70.0 Å². The monoisotopic (exact) mass is 304 g/mol. The maximum Gasteiger partial charge on any atom is 0.258 e. The van der Waals surface area contributed by atoms with Crippen molar-refractivity contribution in [1.29, 1.82) is 0 Å². The maximum atomic E-state index is 12.9. The van der Waals surface area contributed by atoms with Crippen LogP contribution in [-0.4, -0.2) is 16.9 Å². The zero-order chi connectivity index (χ0) is 16.0. The molecule has 0 unspecified atom stereocenters. The van der Waals surface area contributed by atoms with Gasteiger partial charge in [-0.3, -0.25) is 9.59 Å². The molecule has 2 aromatic carbocycles.